The van der Waals surface area contributed by atoms with Crippen molar-refractivity contribution >= 4 is 5.97 Å². The van der Waals surface area contributed by atoms with Crippen molar-refractivity contribution in [2.45, 2.75) is 176 Å². The number of epoxide rings is 1. The third-order valence-corrected chi connectivity index (χ3v) is 9.69. The Bertz CT molecular complexity index is 1060. The highest BCUT2D eigenvalue weighted by Crippen LogP contribution is 2.38. The van der Waals surface area contributed by atoms with Crippen LogP contribution in [0.25, 0.3) is 0 Å². The summed E-state index contributed by atoms with van der Waals surface area (Å²) in [6, 6.07) is 0. The minimum Gasteiger partial charge on any atom is -0.455 e. The summed E-state index contributed by atoms with van der Waals surface area (Å²) in [4.78, 5) is 13.7. The van der Waals surface area contributed by atoms with E-state index in [2.05, 4.69) is 26.8 Å². The second-order valence-corrected chi connectivity index (χ2v) is 14.2. The van der Waals surface area contributed by atoms with Gasteiger partial charge in [0.2, 0.25) is 0 Å². The first-order valence-corrected chi connectivity index (χ1v) is 19.1. The van der Waals surface area contributed by atoms with Crippen molar-refractivity contribution in [3.63, 3.8) is 0 Å². The third-order valence-electron chi connectivity index (χ3n) is 9.69. The van der Waals surface area contributed by atoms with E-state index in [0.29, 0.717) is 39.1 Å². The molecule has 1 N–H and O–H groups in total. The summed E-state index contributed by atoms with van der Waals surface area (Å²) in [6.07, 6.45) is 9.91. The molecule has 2 heterocycles. The molecule has 0 aliphatic carbocycles. The van der Waals surface area contributed by atoms with Crippen LogP contribution in [-0.2, 0) is 42.7 Å². The van der Waals surface area contributed by atoms with Gasteiger partial charge in [-0.1, -0.05) is 58.1 Å². The maximum Gasteiger partial charge on any atom is 0.335 e. The zero-order valence-corrected chi connectivity index (χ0v) is 33.1. The summed E-state index contributed by atoms with van der Waals surface area (Å²) in [5.41, 5.74) is -0.0517. The molecule has 2 rings (SSSR count). The molecule has 1 saturated heterocycles. The Morgan fingerprint density at radius 3 is 2.28 bits per heavy atom. The lowest BCUT2D eigenvalue weighted by Gasteiger charge is -2.37. The van der Waals surface area contributed by atoms with Gasteiger partial charge in [0.25, 0.3) is 0 Å². The molecule has 0 aromatic carbocycles. The maximum absolute atomic E-state index is 13.7. The number of carbonyl (C=O) groups excluding carboxylic acids is 1. The van der Waals surface area contributed by atoms with Crippen LogP contribution in [0.1, 0.15) is 115 Å². The number of aliphatic hydroxyl groups is 1. The molecule has 0 bridgehead atoms. The molecule has 0 radical (unpaired) electrons. The van der Waals surface area contributed by atoms with Gasteiger partial charge in [0.1, 0.15) is 12.2 Å². The molecule has 2 aliphatic heterocycles. The predicted octanol–water partition coefficient (Wildman–Crippen LogP) is 7.67. The second kappa shape index (κ2) is 22.4. The molecule has 1 fully saturated rings. The van der Waals surface area contributed by atoms with Gasteiger partial charge in [0.05, 0.1) is 23.9 Å². The van der Waals surface area contributed by atoms with Crippen LogP contribution in [0.15, 0.2) is 36.0 Å². The van der Waals surface area contributed by atoms with Crippen molar-refractivity contribution in [3.8, 4) is 0 Å². The molecule has 0 aromatic rings. The summed E-state index contributed by atoms with van der Waals surface area (Å²) >= 11 is 0. The van der Waals surface area contributed by atoms with Gasteiger partial charge in [0, 0.05) is 31.7 Å². The molecule has 0 saturated carbocycles. The molecule has 13 atom stereocenters. The zero-order valence-electron chi connectivity index (χ0n) is 33.1. The van der Waals surface area contributed by atoms with E-state index in [1.165, 1.54) is 0 Å². The minimum absolute atomic E-state index is 0.0843. The van der Waals surface area contributed by atoms with Crippen LogP contribution < -0.4 is 0 Å². The molecule has 10 heteroatoms. The number of carbonyl (C=O) groups is 1. The van der Waals surface area contributed by atoms with Crippen LogP contribution in [-0.4, -0.2) is 92.0 Å². The van der Waals surface area contributed by atoms with Gasteiger partial charge in [-0.05, 0) is 99.0 Å². The summed E-state index contributed by atoms with van der Waals surface area (Å²) in [7, 11) is 0. The fourth-order valence-corrected chi connectivity index (χ4v) is 6.78. The van der Waals surface area contributed by atoms with E-state index in [1.54, 1.807) is 13.0 Å². The molecule has 10 nitrogen and oxygen atoms in total. The molecular formula is C40H70O10. The number of hydrogen-bond acceptors (Lipinski definition) is 10. The maximum atomic E-state index is 13.7. The first kappa shape index (κ1) is 44.5. The van der Waals surface area contributed by atoms with Crippen molar-refractivity contribution in [1.82, 2.24) is 0 Å². The predicted molar refractivity (Wildman–Crippen MR) is 195 cm³/mol. The van der Waals surface area contributed by atoms with Crippen LogP contribution in [0, 0.1) is 17.8 Å². The summed E-state index contributed by atoms with van der Waals surface area (Å²) < 4.78 is 47.6. The number of ether oxygens (including phenoxy) is 8. The molecule has 0 aromatic heterocycles. The second-order valence-electron chi connectivity index (χ2n) is 14.2. The summed E-state index contributed by atoms with van der Waals surface area (Å²) in [5.74, 6) is -0.119. The first-order valence-electron chi connectivity index (χ1n) is 19.1. The minimum atomic E-state index is -0.933. The van der Waals surface area contributed by atoms with Crippen LogP contribution in [0.2, 0.25) is 0 Å². The van der Waals surface area contributed by atoms with Gasteiger partial charge in [-0.3, -0.25) is 0 Å². The number of cyclic esters (lactones) is 1. The van der Waals surface area contributed by atoms with Crippen molar-refractivity contribution in [1.29, 1.82) is 0 Å². The van der Waals surface area contributed by atoms with Crippen molar-refractivity contribution in [2.75, 3.05) is 19.8 Å². The Kier molecular flexibility index (Phi) is 20.0. The fourth-order valence-electron chi connectivity index (χ4n) is 6.78. The zero-order chi connectivity index (χ0) is 37.4. The standard InChI is InChI=1S/C40H70O10/c1-13-33(46-30(9)43-14-2)29(8)38-35(48-38)25-26(5)19-17-20-27(6)37-28(7)22-23-36(41)40(12,50-32(11)45-16-4)24-18-21-34(39(42)49-37)47-31(10)44-15-3/h17,19-20,22-23,26,28-38,41H,13-16,18,21,24-25H2,1-12H3. The summed E-state index contributed by atoms with van der Waals surface area (Å²) in [5, 5.41) is 11.4. The van der Waals surface area contributed by atoms with E-state index in [-0.39, 0.29) is 42.4 Å². The van der Waals surface area contributed by atoms with Crippen molar-refractivity contribution in [3.05, 3.63) is 36.0 Å². The molecule has 50 heavy (non-hydrogen) atoms. The number of hydrogen-bond donors (Lipinski definition) is 1. The Balaban J connectivity index is 2.20. The Labute approximate surface area is 303 Å². The van der Waals surface area contributed by atoms with Gasteiger partial charge >= 0.3 is 5.97 Å². The monoisotopic (exact) mass is 710 g/mol. The lowest BCUT2D eigenvalue weighted by Crippen LogP contribution is -2.45. The highest BCUT2D eigenvalue weighted by molar-refractivity contribution is 5.75. The van der Waals surface area contributed by atoms with Gasteiger partial charge in [-0.2, -0.15) is 0 Å². The van der Waals surface area contributed by atoms with Gasteiger partial charge in [-0.25, -0.2) is 4.79 Å². The molecule has 0 amide bonds. The molecule has 290 valence electrons. The fraction of sp³-hybridized carbons (Fsp3) is 0.825. The largest absolute Gasteiger partial charge is 0.455 e. The van der Waals surface area contributed by atoms with Crippen molar-refractivity contribution < 1.29 is 47.8 Å². The molecule has 13 unspecified atom stereocenters. The van der Waals surface area contributed by atoms with E-state index >= 15 is 0 Å². The SMILES string of the molecule is CCOC(C)OC1CCCC(C)(OC(C)OCC)C(O)C=CC(C)C(C(C)=CC=CC(C)CC2OC2C(C)C(CC)OC(C)OCC)OC1=O. The smallest absolute Gasteiger partial charge is 0.335 e. The van der Waals surface area contributed by atoms with E-state index in [0.717, 1.165) is 18.4 Å². The Morgan fingerprint density at radius 2 is 1.64 bits per heavy atom. The average molecular weight is 711 g/mol. The van der Waals surface area contributed by atoms with Crippen LogP contribution in [0.3, 0.4) is 0 Å². The van der Waals surface area contributed by atoms with Gasteiger partial charge < -0.3 is 43.0 Å². The van der Waals surface area contributed by atoms with Gasteiger partial charge in [-0.15, -0.1) is 0 Å². The lowest BCUT2D eigenvalue weighted by atomic mass is 9.88. The Hall–Kier alpha value is -1.63. The molecule has 2 aliphatic rings. The normalized spacial score (nSPS) is 32.0. The van der Waals surface area contributed by atoms with Crippen LogP contribution >= 0.6 is 0 Å². The molecule has 0 spiro atoms. The quantitative estimate of drug-likeness (QED) is 0.0444. The first-order chi connectivity index (χ1) is 23.7. The lowest BCUT2D eigenvalue weighted by molar-refractivity contribution is -0.221. The van der Waals surface area contributed by atoms with Crippen LogP contribution in [0.4, 0.5) is 0 Å². The van der Waals surface area contributed by atoms with E-state index < -0.39 is 42.5 Å². The van der Waals surface area contributed by atoms with E-state index in [9.17, 15) is 9.90 Å². The highest BCUT2D eigenvalue weighted by atomic mass is 16.7. The van der Waals surface area contributed by atoms with Crippen LogP contribution in [0.5, 0.6) is 0 Å². The third kappa shape index (κ3) is 14.8. The number of allylic oxidation sites excluding steroid dienone is 3. The summed E-state index contributed by atoms with van der Waals surface area (Å²) in [6.45, 7) is 25.2. The van der Waals surface area contributed by atoms with Crippen molar-refractivity contribution in [2.24, 2.45) is 17.8 Å². The molecular weight excluding hydrogens is 640 g/mol. The Morgan fingerprint density at radius 1 is 1.00 bits per heavy atom. The number of esters is 1. The van der Waals surface area contributed by atoms with Gasteiger partial charge in [0.15, 0.2) is 25.0 Å². The van der Waals surface area contributed by atoms with E-state index in [4.69, 9.17) is 37.9 Å². The average Bonchev–Trinajstić information content (AvgIpc) is 3.82. The number of rotatable bonds is 20. The van der Waals surface area contributed by atoms with E-state index in [1.807, 2.05) is 73.6 Å². The number of aliphatic hydroxyl groups excluding tert-OH is 1. The highest BCUT2D eigenvalue weighted by Gasteiger charge is 2.46. The topological polar surface area (TPSA) is 114 Å².